The second kappa shape index (κ2) is 6.44. The summed E-state index contributed by atoms with van der Waals surface area (Å²) in [6.07, 6.45) is 0. The molecule has 0 radical (unpaired) electrons. The van der Waals surface area contributed by atoms with Gasteiger partial charge in [0, 0.05) is 11.1 Å². The van der Waals surface area contributed by atoms with Crippen molar-refractivity contribution in [1.82, 2.24) is 9.97 Å². The van der Waals surface area contributed by atoms with Crippen molar-refractivity contribution in [3.8, 4) is 28.3 Å². The number of H-pyrrole nitrogens is 1. The molecule has 0 unspecified atom stereocenters. The minimum absolute atomic E-state index is 0.195. The van der Waals surface area contributed by atoms with E-state index in [0.29, 0.717) is 28.0 Å². The summed E-state index contributed by atoms with van der Waals surface area (Å²) in [5.41, 5.74) is 2.57. The van der Waals surface area contributed by atoms with Crippen LogP contribution in [-0.2, 0) is 0 Å². The monoisotopic (exact) mass is 346 g/mol. The molecule has 3 aromatic carbocycles. The molecule has 0 amide bonds. The van der Waals surface area contributed by atoms with Crippen LogP contribution in [0.2, 0.25) is 0 Å². The lowest BCUT2D eigenvalue weighted by molar-refractivity contribution is 0.415. The highest BCUT2D eigenvalue weighted by Crippen LogP contribution is 2.32. The van der Waals surface area contributed by atoms with Crippen LogP contribution in [-0.4, -0.2) is 17.1 Å². The maximum Gasteiger partial charge on any atom is 0.259 e. The Bertz CT molecular complexity index is 1170. The predicted octanol–water partition coefficient (Wildman–Crippen LogP) is 4.40. The molecule has 0 saturated carbocycles. The van der Waals surface area contributed by atoms with Crippen molar-refractivity contribution in [3.05, 3.63) is 82.9 Å². The third kappa shape index (κ3) is 2.84. The van der Waals surface area contributed by atoms with Gasteiger partial charge in [0.2, 0.25) is 0 Å². The highest BCUT2D eigenvalue weighted by molar-refractivity contribution is 5.80. The second-order valence-corrected chi connectivity index (χ2v) is 5.86. The third-order valence-electron chi connectivity index (χ3n) is 4.22. The van der Waals surface area contributed by atoms with Crippen molar-refractivity contribution in [2.75, 3.05) is 7.11 Å². The van der Waals surface area contributed by atoms with Crippen LogP contribution in [0.5, 0.6) is 5.75 Å². The van der Waals surface area contributed by atoms with Crippen LogP contribution in [0.3, 0.4) is 0 Å². The molecule has 26 heavy (non-hydrogen) atoms. The molecule has 4 rings (SSSR count). The van der Waals surface area contributed by atoms with Crippen molar-refractivity contribution in [2.45, 2.75) is 0 Å². The lowest BCUT2D eigenvalue weighted by Gasteiger charge is -2.10. The fraction of sp³-hybridized carbons (Fsp3) is 0.0476. The van der Waals surface area contributed by atoms with Crippen molar-refractivity contribution < 1.29 is 9.13 Å². The Labute approximate surface area is 148 Å². The first-order valence-electron chi connectivity index (χ1n) is 8.09. The van der Waals surface area contributed by atoms with E-state index < -0.39 is 0 Å². The number of rotatable bonds is 3. The summed E-state index contributed by atoms with van der Waals surface area (Å²) in [7, 11) is 1.54. The zero-order valence-electron chi connectivity index (χ0n) is 14.0. The van der Waals surface area contributed by atoms with E-state index in [1.54, 1.807) is 31.4 Å². The average molecular weight is 346 g/mol. The minimum atomic E-state index is -0.344. The summed E-state index contributed by atoms with van der Waals surface area (Å²) in [5, 5.41) is 0.541. The highest BCUT2D eigenvalue weighted by Gasteiger charge is 2.10. The first-order valence-corrected chi connectivity index (χ1v) is 8.09. The molecule has 128 valence electrons. The molecular weight excluding hydrogens is 331 g/mol. The van der Waals surface area contributed by atoms with Gasteiger partial charge in [-0.1, -0.05) is 30.3 Å². The highest BCUT2D eigenvalue weighted by atomic mass is 19.1. The largest absolute Gasteiger partial charge is 0.496 e. The molecule has 0 saturated heterocycles. The fourth-order valence-electron chi connectivity index (χ4n) is 2.96. The van der Waals surface area contributed by atoms with E-state index in [1.807, 2.05) is 30.3 Å². The third-order valence-corrected chi connectivity index (χ3v) is 4.22. The molecule has 1 aromatic heterocycles. The number of fused-ring (bicyclic) bond motifs is 1. The Kier molecular flexibility index (Phi) is 3.97. The lowest BCUT2D eigenvalue weighted by atomic mass is 10.0. The molecule has 0 spiro atoms. The summed E-state index contributed by atoms with van der Waals surface area (Å²) in [4.78, 5) is 19.7. The van der Waals surface area contributed by atoms with Gasteiger partial charge in [0.05, 0.1) is 18.0 Å². The maximum absolute atomic E-state index is 13.7. The SMILES string of the molecule is COc1ccc(F)cc1-c1cccc(-c2nc3ccccc3c(=O)[nH]2)c1. The number of hydrogen-bond acceptors (Lipinski definition) is 3. The van der Waals surface area contributed by atoms with Crippen LogP contribution >= 0.6 is 0 Å². The fourth-order valence-corrected chi connectivity index (χ4v) is 2.96. The van der Waals surface area contributed by atoms with Gasteiger partial charge in [-0.05, 0) is 42.0 Å². The van der Waals surface area contributed by atoms with Gasteiger partial charge < -0.3 is 9.72 Å². The topological polar surface area (TPSA) is 55.0 Å². The molecule has 1 N–H and O–H groups in total. The van der Waals surface area contributed by atoms with Crippen LogP contribution in [0.15, 0.2) is 71.5 Å². The first kappa shape index (κ1) is 16.0. The molecule has 4 nitrogen and oxygen atoms in total. The van der Waals surface area contributed by atoms with Crippen LogP contribution in [0.4, 0.5) is 4.39 Å². The number of aromatic amines is 1. The summed E-state index contributed by atoms with van der Waals surface area (Å²) in [5.74, 6) is 0.692. The van der Waals surface area contributed by atoms with Crippen molar-refractivity contribution in [2.24, 2.45) is 0 Å². The molecule has 4 aromatic rings. The average Bonchev–Trinajstić information content (AvgIpc) is 2.68. The van der Waals surface area contributed by atoms with Crippen LogP contribution in [0.1, 0.15) is 0 Å². The smallest absolute Gasteiger partial charge is 0.259 e. The summed E-state index contributed by atoms with van der Waals surface area (Å²) in [6, 6.07) is 18.9. The van der Waals surface area contributed by atoms with E-state index in [2.05, 4.69) is 9.97 Å². The number of benzene rings is 3. The molecule has 0 atom stereocenters. The Morgan fingerprint density at radius 3 is 2.62 bits per heavy atom. The first-order chi connectivity index (χ1) is 12.7. The molecular formula is C21H15FN2O2. The summed E-state index contributed by atoms with van der Waals surface area (Å²) >= 11 is 0. The van der Waals surface area contributed by atoms with Gasteiger partial charge >= 0.3 is 0 Å². The Morgan fingerprint density at radius 1 is 0.962 bits per heavy atom. The van der Waals surface area contributed by atoms with Crippen LogP contribution in [0, 0.1) is 5.82 Å². The number of hydrogen-bond donors (Lipinski definition) is 1. The van der Waals surface area contributed by atoms with E-state index in [9.17, 15) is 9.18 Å². The standard InChI is InChI=1S/C21H15FN2O2/c1-26-19-10-9-15(22)12-17(19)13-5-4-6-14(11-13)20-23-18-8-3-2-7-16(18)21(25)24-20/h2-12H,1H3,(H,23,24,25). The van der Waals surface area contributed by atoms with Gasteiger partial charge in [-0.25, -0.2) is 9.37 Å². The molecule has 5 heteroatoms. The molecule has 0 aliphatic rings. The van der Waals surface area contributed by atoms with Crippen molar-refractivity contribution in [3.63, 3.8) is 0 Å². The summed E-state index contributed by atoms with van der Waals surface area (Å²) in [6.45, 7) is 0. The van der Waals surface area contributed by atoms with E-state index >= 15 is 0 Å². The van der Waals surface area contributed by atoms with Crippen molar-refractivity contribution >= 4 is 10.9 Å². The minimum Gasteiger partial charge on any atom is -0.496 e. The molecule has 0 bridgehead atoms. The quantitative estimate of drug-likeness (QED) is 0.598. The van der Waals surface area contributed by atoms with E-state index in [0.717, 1.165) is 11.1 Å². The second-order valence-electron chi connectivity index (χ2n) is 5.86. The van der Waals surface area contributed by atoms with Gasteiger partial charge in [-0.2, -0.15) is 0 Å². The molecule has 0 aliphatic carbocycles. The Hall–Kier alpha value is -3.47. The Morgan fingerprint density at radius 2 is 1.77 bits per heavy atom. The lowest BCUT2D eigenvalue weighted by Crippen LogP contribution is -2.09. The number of aromatic nitrogens is 2. The van der Waals surface area contributed by atoms with Gasteiger partial charge in [-0.15, -0.1) is 0 Å². The summed E-state index contributed by atoms with van der Waals surface area (Å²) < 4.78 is 19.0. The number of methoxy groups -OCH3 is 1. The maximum atomic E-state index is 13.7. The Balaban J connectivity index is 1.87. The van der Waals surface area contributed by atoms with Gasteiger partial charge in [0.1, 0.15) is 17.4 Å². The molecule has 0 aliphatic heterocycles. The van der Waals surface area contributed by atoms with Gasteiger partial charge in [-0.3, -0.25) is 4.79 Å². The van der Waals surface area contributed by atoms with Gasteiger partial charge in [0.25, 0.3) is 5.56 Å². The van der Waals surface area contributed by atoms with E-state index in [-0.39, 0.29) is 11.4 Å². The van der Waals surface area contributed by atoms with Crippen LogP contribution in [0.25, 0.3) is 33.4 Å². The molecule has 0 fully saturated rings. The molecule has 1 heterocycles. The normalized spacial score (nSPS) is 10.8. The van der Waals surface area contributed by atoms with Crippen molar-refractivity contribution in [1.29, 1.82) is 0 Å². The number of halogens is 1. The van der Waals surface area contributed by atoms with Gasteiger partial charge in [0.15, 0.2) is 0 Å². The van der Waals surface area contributed by atoms with E-state index in [4.69, 9.17) is 4.74 Å². The predicted molar refractivity (Wildman–Crippen MR) is 99.7 cm³/mol. The zero-order valence-corrected chi connectivity index (χ0v) is 14.0. The number of nitrogens with one attached hydrogen (secondary N) is 1. The number of para-hydroxylation sites is 1. The zero-order chi connectivity index (χ0) is 18.1. The number of ether oxygens (including phenoxy) is 1. The number of nitrogens with zero attached hydrogens (tertiary/aromatic N) is 1. The van der Waals surface area contributed by atoms with E-state index in [1.165, 1.54) is 12.1 Å². The van der Waals surface area contributed by atoms with Crippen LogP contribution < -0.4 is 10.3 Å².